The van der Waals surface area contributed by atoms with Crippen LogP contribution in [0.2, 0.25) is 0 Å². The normalized spacial score (nSPS) is 13.5. The average Bonchev–Trinajstić information content (AvgIpc) is 3.90. The number of anilines is 4. The van der Waals surface area contributed by atoms with E-state index in [2.05, 4.69) is 241 Å². The van der Waals surface area contributed by atoms with Crippen LogP contribution < -0.4 is 19.6 Å². The van der Waals surface area contributed by atoms with Crippen molar-refractivity contribution < 1.29 is 67.5 Å². The Kier molecular flexibility index (Phi) is 24.4. The van der Waals surface area contributed by atoms with E-state index in [0.29, 0.717) is 47.3 Å². The second-order valence-corrected chi connectivity index (χ2v) is 19.1. The molecule has 2 aliphatic heterocycles. The van der Waals surface area contributed by atoms with Gasteiger partial charge in [-0.3, -0.25) is 0 Å². The monoisotopic (exact) mass is 1270 g/mol. The van der Waals surface area contributed by atoms with Gasteiger partial charge in [0.1, 0.15) is 0 Å². The summed E-state index contributed by atoms with van der Waals surface area (Å²) in [5, 5.41) is 0. The first-order valence-corrected chi connectivity index (χ1v) is 22.9. The molecule has 4 aromatic carbocycles. The molecule has 2 aliphatic rings. The van der Waals surface area contributed by atoms with E-state index in [4.69, 9.17) is 0 Å². The summed E-state index contributed by atoms with van der Waals surface area (Å²) < 4.78 is 39.0. The van der Waals surface area contributed by atoms with Gasteiger partial charge in [0.05, 0.1) is 22.7 Å². The molecule has 0 fully saturated rings. The van der Waals surface area contributed by atoms with E-state index < -0.39 is 7.25 Å². The molecule has 368 valence electrons. The fourth-order valence-electron chi connectivity index (χ4n) is 8.29. The minimum Gasteiger partial charge on any atom is -0.870 e. The van der Waals surface area contributed by atoms with E-state index >= 15 is 0 Å². The predicted molar refractivity (Wildman–Crippen MR) is 265 cm³/mol. The zero-order valence-corrected chi connectivity index (χ0v) is 46.1. The van der Waals surface area contributed by atoms with Gasteiger partial charge in [-0.15, -0.1) is 0 Å². The minimum absolute atomic E-state index is 0. The Morgan fingerprint density at radius 2 is 0.439 bits per heavy atom. The van der Waals surface area contributed by atoms with Crippen molar-refractivity contribution in [3.63, 3.8) is 0 Å². The summed E-state index contributed by atoms with van der Waals surface area (Å²) in [6.07, 6.45) is 8.64. The maximum absolute atomic E-state index is 9.75. The summed E-state index contributed by atoms with van der Waals surface area (Å²) in [6.45, 7) is 43.6. The van der Waals surface area contributed by atoms with Crippen LogP contribution in [-0.2, 0) is 44.8 Å². The topological polar surface area (TPSA) is 43.0 Å². The second kappa shape index (κ2) is 26.5. The molecule has 4 aromatic rings. The summed E-state index contributed by atoms with van der Waals surface area (Å²) in [7, 11) is -6.00. The van der Waals surface area contributed by atoms with Gasteiger partial charge in [0, 0.05) is 24.8 Å². The van der Waals surface area contributed by atoms with Crippen LogP contribution >= 0.6 is 0 Å². The van der Waals surface area contributed by atoms with Gasteiger partial charge in [0.15, 0.2) is 0 Å². The van der Waals surface area contributed by atoms with E-state index in [1.807, 2.05) is 0 Å². The van der Waals surface area contributed by atoms with Crippen LogP contribution in [-0.4, -0.2) is 12.7 Å². The van der Waals surface area contributed by atoms with Gasteiger partial charge in [-0.05, 0) is 91.9 Å². The number of rotatable bonds is 12. The Balaban J connectivity index is 0.000000575. The van der Waals surface area contributed by atoms with Crippen LogP contribution in [0.15, 0.2) is 97.6 Å². The van der Waals surface area contributed by atoms with Gasteiger partial charge in [-0.2, -0.15) is 0 Å². The first kappa shape index (κ1) is 60.8. The largest absolute Gasteiger partial charge is 1.00 e. The number of halogens is 4. The quantitative estimate of drug-likeness (QED) is 0.104. The number of nitrogens with zero attached hydrogens (tertiary/aromatic N) is 4. The standard InChI is InChI=1S/2C27H36N2.2Au.BF4.H2O/c2*1-18(2)22-11-9-12-23(19(3)4)26(22)28-15-16-29(17-28)27-24(20(5)6)13-10-14-25(27)21(7)8;;;2-1(3,4)5;/h2*9-16,18-21H,1-8H3;;;;1H2/q;;2*+1;-1;/p-1. The maximum atomic E-state index is 9.75. The van der Waals surface area contributed by atoms with Crippen molar-refractivity contribution in [2.24, 2.45) is 0 Å². The molecule has 5 nitrogen and oxygen atoms in total. The summed E-state index contributed by atoms with van der Waals surface area (Å²) in [4.78, 5) is 8.80. The number of benzene rings is 4. The molecule has 0 saturated carbocycles. The zero-order chi connectivity index (χ0) is 47.1. The molecule has 6 rings (SSSR count). The first-order chi connectivity index (χ1) is 29.4. The van der Waals surface area contributed by atoms with E-state index in [1.165, 1.54) is 67.3 Å². The van der Waals surface area contributed by atoms with E-state index in [1.54, 1.807) is 0 Å². The van der Waals surface area contributed by atoms with Crippen LogP contribution in [0.5, 0.6) is 0 Å². The van der Waals surface area contributed by atoms with Crippen molar-refractivity contribution in [3.8, 4) is 0 Å². The molecule has 0 aromatic heterocycles. The summed E-state index contributed by atoms with van der Waals surface area (Å²) in [5.41, 5.74) is 16.1. The van der Waals surface area contributed by atoms with Crippen LogP contribution in [0.25, 0.3) is 0 Å². The van der Waals surface area contributed by atoms with Crippen LogP contribution in [0.1, 0.15) is 203 Å². The Labute approximate surface area is 427 Å². The molecule has 4 radical (unpaired) electrons. The van der Waals surface area contributed by atoms with Gasteiger partial charge in [0.2, 0.25) is 13.3 Å². The van der Waals surface area contributed by atoms with Gasteiger partial charge in [-0.1, -0.05) is 184 Å². The van der Waals surface area contributed by atoms with Crippen molar-refractivity contribution in [1.82, 2.24) is 0 Å². The van der Waals surface area contributed by atoms with Crippen molar-refractivity contribution >= 4 is 30.0 Å². The Hall–Kier alpha value is -3.21. The Morgan fingerprint density at radius 3 is 0.545 bits per heavy atom. The first-order valence-electron chi connectivity index (χ1n) is 22.9. The third kappa shape index (κ3) is 15.4. The molecule has 1 N–H and O–H groups in total. The Morgan fingerprint density at radius 1 is 0.318 bits per heavy atom. The molecule has 0 saturated heterocycles. The minimum atomic E-state index is -6.00. The summed E-state index contributed by atoms with van der Waals surface area (Å²) in [6, 6.07) is 26.8. The van der Waals surface area contributed by atoms with E-state index in [-0.39, 0.29) is 50.2 Å². The third-order valence-corrected chi connectivity index (χ3v) is 11.5. The summed E-state index contributed by atoms with van der Waals surface area (Å²) >= 11 is 0. The third-order valence-electron chi connectivity index (χ3n) is 11.5. The van der Waals surface area contributed by atoms with Gasteiger partial charge < -0.3 is 42.3 Å². The van der Waals surface area contributed by atoms with Crippen molar-refractivity contribution in [2.75, 3.05) is 19.6 Å². The zero-order valence-electron chi connectivity index (χ0n) is 41.8. The molecule has 0 aliphatic carbocycles. The molecule has 0 atom stereocenters. The number of para-hydroxylation sites is 4. The summed E-state index contributed by atoms with van der Waals surface area (Å²) in [5.74, 6) is 3.68. The SMILES string of the molecule is CC(C)c1cccc(C(C)C)c1N1[C]N(c2c(C(C)C)cccc2C(C)C)C=C1.CC(C)c1cccc(C(C)C)c1N1[C]N(c2c(C(C)C)cccc2C(C)C)C=C1.F[B-](F)(F)F.[Au+].[Au+].[OH-]. The smallest absolute Gasteiger partial charge is 0.870 e. The van der Waals surface area contributed by atoms with Crippen LogP contribution in [0.4, 0.5) is 40.0 Å². The number of hydrogen-bond acceptors (Lipinski definition) is 5. The van der Waals surface area contributed by atoms with Gasteiger partial charge >= 0.3 is 52.0 Å². The second-order valence-electron chi connectivity index (χ2n) is 19.1. The van der Waals surface area contributed by atoms with Crippen molar-refractivity contribution in [1.29, 1.82) is 0 Å². The maximum Gasteiger partial charge on any atom is 1.00 e. The van der Waals surface area contributed by atoms with Crippen LogP contribution in [0.3, 0.4) is 0 Å². The molecule has 0 bridgehead atoms. The van der Waals surface area contributed by atoms with E-state index in [9.17, 15) is 17.3 Å². The molecule has 0 amide bonds. The molecule has 0 spiro atoms. The van der Waals surface area contributed by atoms with Gasteiger partial charge in [-0.25, -0.2) is 0 Å². The molecular formula is C54H73Au2BF4N4O. The molecular weight excluding hydrogens is 1200 g/mol. The predicted octanol–water partition coefficient (Wildman–Crippen LogP) is 17.1. The van der Waals surface area contributed by atoms with Crippen molar-refractivity contribution in [2.45, 2.75) is 158 Å². The fraction of sp³-hybridized carbons (Fsp3) is 0.444. The molecule has 2 heterocycles. The Bertz CT molecular complexity index is 1780. The van der Waals surface area contributed by atoms with Gasteiger partial charge in [0.25, 0.3) is 0 Å². The average molecular weight is 1270 g/mol. The number of hydrogen-bond donors (Lipinski definition) is 0. The van der Waals surface area contributed by atoms with Crippen LogP contribution in [0, 0.1) is 13.3 Å². The fourth-order valence-corrected chi connectivity index (χ4v) is 8.29. The molecule has 0 unspecified atom stereocenters. The van der Waals surface area contributed by atoms with E-state index in [0.717, 1.165) is 0 Å². The molecule has 66 heavy (non-hydrogen) atoms. The molecule has 12 heteroatoms. The van der Waals surface area contributed by atoms with Crippen molar-refractivity contribution in [3.05, 3.63) is 155 Å².